The molecule has 3 rings (SSSR count). The van der Waals surface area contributed by atoms with Gasteiger partial charge in [-0.3, -0.25) is 9.59 Å². The molecule has 24 heavy (non-hydrogen) atoms. The normalized spacial score (nSPS) is 16.3. The molecule has 1 unspecified atom stereocenters. The van der Waals surface area contributed by atoms with Gasteiger partial charge in [0.15, 0.2) is 5.78 Å². The van der Waals surface area contributed by atoms with Crippen LogP contribution in [-0.4, -0.2) is 18.8 Å². The fraction of sp³-hybridized carbons (Fsp3) is 0.368. The summed E-state index contributed by atoms with van der Waals surface area (Å²) in [5, 5.41) is 5.02. The highest BCUT2D eigenvalue weighted by Gasteiger charge is 2.22. The number of benzene rings is 1. The molecule has 1 aliphatic rings. The molecule has 1 aromatic heterocycles. The van der Waals surface area contributed by atoms with Crippen molar-refractivity contribution < 1.29 is 14.3 Å². The number of amides is 1. The lowest BCUT2D eigenvalue weighted by molar-refractivity contribution is -0.121. The van der Waals surface area contributed by atoms with E-state index in [0.717, 1.165) is 30.6 Å². The van der Waals surface area contributed by atoms with Crippen molar-refractivity contribution in [3.8, 4) is 5.75 Å². The van der Waals surface area contributed by atoms with E-state index in [0.29, 0.717) is 11.3 Å². The molecule has 0 aliphatic heterocycles. The van der Waals surface area contributed by atoms with Crippen LogP contribution in [0.3, 0.4) is 0 Å². The number of ether oxygens (including phenoxy) is 1. The van der Waals surface area contributed by atoms with Crippen molar-refractivity contribution in [1.82, 2.24) is 5.32 Å². The van der Waals surface area contributed by atoms with Gasteiger partial charge in [0.2, 0.25) is 5.91 Å². The van der Waals surface area contributed by atoms with Crippen molar-refractivity contribution in [3.05, 3.63) is 51.2 Å². The van der Waals surface area contributed by atoms with Crippen molar-refractivity contribution in [2.75, 3.05) is 7.11 Å². The van der Waals surface area contributed by atoms with Crippen molar-refractivity contribution >= 4 is 23.0 Å². The monoisotopic (exact) mass is 343 g/mol. The van der Waals surface area contributed by atoms with E-state index in [4.69, 9.17) is 4.74 Å². The predicted molar refractivity (Wildman–Crippen MR) is 94.8 cm³/mol. The highest BCUT2D eigenvalue weighted by Crippen LogP contribution is 2.32. The van der Waals surface area contributed by atoms with Gasteiger partial charge < -0.3 is 10.1 Å². The maximum absolute atomic E-state index is 12.4. The Kier molecular flexibility index (Phi) is 5.00. The first-order valence-corrected chi connectivity index (χ1v) is 8.99. The third-order valence-electron chi connectivity index (χ3n) is 4.37. The van der Waals surface area contributed by atoms with Crippen LogP contribution < -0.4 is 10.1 Å². The average molecular weight is 343 g/mol. The van der Waals surface area contributed by atoms with Crippen LogP contribution >= 0.6 is 11.3 Å². The standard InChI is InChI=1S/C19H21NO3S/c1-12(21)18-8-13(11-24-18)9-19(22)20-17-5-3-4-14-10-15(23-2)6-7-16(14)17/h6-8,10-11,17H,3-5,9H2,1-2H3,(H,20,22). The molecule has 2 aromatic rings. The number of nitrogens with one attached hydrogen (secondary N) is 1. The largest absolute Gasteiger partial charge is 0.497 e. The molecule has 1 heterocycles. The van der Waals surface area contributed by atoms with Gasteiger partial charge in [-0.25, -0.2) is 0 Å². The van der Waals surface area contributed by atoms with Crippen LogP contribution in [0.2, 0.25) is 0 Å². The first kappa shape index (κ1) is 16.7. The quantitative estimate of drug-likeness (QED) is 0.842. The number of fused-ring (bicyclic) bond motifs is 1. The fourth-order valence-electron chi connectivity index (χ4n) is 3.15. The number of carbonyl (C=O) groups excluding carboxylic acids is 2. The first-order valence-electron chi connectivity index (χ1n) is 8.11. The second-order valence-electron chi connectivity index (χ2n) is 6.13. The molecule has 1 aromatic carbocycles. The summed E-state index contributed by atoms with van der Waals surface area (Å²) in [6.07, 6.45) is 3.34. The van der Waals surface area contributed by atoms with Gasteiger partial charge in [0, 0.05) is 0 Å². The van der Waals surface area contributed by atoms with Crippen LogP contribution in [0, 0.1) is 0 Å². The van der Waals surface area contributed by atoms with Gasteiger partial charge in [0.25, 0.3) is 0 Å². The van der Waals surface area contributed by atoms with Crippen LogP contribution in [0.25, 0.3) is 0 Å². The van der Waals surface area contributed by atoms with Gasteiger partial charge in [0.05, 0.1) is 24.4 Å². The Hall–Kier alpha value is -2.14. The number of rotatable bonds is 5. The molecule has 1 amide bonds. The SMILES string of the molecule is COc1ccc2c(c1)CCCC2NC(=O)Cc1csc(C(C)=O)c1. The van der Waals surface area contributed by atoms with Crippen molar-refractivity contribution in [3.63, 3.8) is 0 Å². The molecule has 1 aliphatic carbocycles. The summed E-state index contributed by atoms with van der Waals surface area (Å²) in [4.78, 5) is 24.4. The number of thiophene rings is 1. The number of ketones is 1. The van der Waals surface area contributed by atoms with Crippen LogP contribution in [-0.2, 0) is 17.6 Å². The Labute approximate surface area is 145 Å². The van der Waals surface area contributed by atoms with Crippen molar-refractivity contribution in [2.45, 2.75) is 38.6 Å². The first-order chi connectivity index (χ1) is 11.6. The minimum absolute atomic E-state index is 0.00318. The molecule has 0 radical (unpaired) electrons. The minimum atomic E-state index is -0.00318. The molecule has 0 saturated heterocycles. The number of hydrogen-bond donors (Lipinski definition) is 1. The van der Waals surface area contributed by atoms with Crippen LogP contribution in [0.4, 0.5) is 0 Å². The Balaban J connectivity index is 1.68. The maximum Gasteiger partial charge on any atom is 0.224 e. The van der Waals surface area contributed by atoms with E-state index in [1.54, 1.807) is 14.0 Å². The van der Waals surface area contributed by atoms with Crippen LogP contribution in [0.15, 0.2) is 29.6 Å². The van der Waals surface area contributed by atoms with E-state index >= 15 is 0 Å². The molecule has 0 saturated carbocycles. The van der Waals surface area contributed by atoms with Crippen molar-refractivity contribution in [1.29, 1.82) is 0 Å². The fourth-order valence-corrected chi connectivity index (χ4v) is 3.97. The van der Waals surface area contributed by atoms with Gasteiger partial charge in [-0.05, 0) is 66.5 Å². The van der Waals surface area contributed by atoms with Gasteiger partial charge in [-0.2, -0.15) is 0 Å². The molecule has 126 valence electrons. The van der Waals surface area contributed by atoms with Gasteiger partial charge in [-0.1, -0.05) is 6.07 Å². The second-order valence-corrected chi connectivity index (χ2v) is 7.04. The van der Waals surface area contributed by atoms with E-state index in [1.807, 2.05) is 17.5 Å². The maximum atomic E-state index is 12.4. The van der Waals surface area contributed by atoms with Crippen LogP contribution in [0.5, 0.6) is 5.75 Å². The van der Waals surface area contributed by atoms with Crippen molar-refractivity contribution in [2.24, 2.45) is 0 Å². The minimum Gasteiger partial charge on any atom is -0.497 e. The Morgan fingerprint density at radius 2 is 2.17 bits per heavy atom. The number of methoxy groups -OCH3 is 1. The molecular weight excluding hydrogens is 322 g/mol. The lowest BCUT2D eigenvalue weighted by Crippen LogP contribution is -2.32. The molecule has 0 fully saturated rings. The number of aryl methyl sites for hydroxylation is 1. The second kappa shape index (κ2) is 7.18. The molecule has 1 N–H and O–H groups in total. The summed E-state index contributed by atoms with van der Waals surface area (Å²) >= 11 is 1.39. The predicted octanol–water partition coefficient (Wildman–Crippen LogP) is 3.70. The highest BCUT2D eigenvalue weighted by molar-refractivity contribution is 7.12. The Bertz CT molecular complexity index is 766. The molecular formula is C19H21NO3S. The molecule has 0 spiro atoms. The zero-order chi connectivity index (χ0) is 17.1. The highest BCUT2D eigenvalue weighted by atomic mass is 32.1. The summed E-state index contributed by atoms with van der Waals surface area (Å²) in [7, 11) is 1.67. The summed E-state index contributed by atoms with van der Waals surface area (Å²) < 4.78 is 5.28. The Morgan fingerprint density at radius 1 is 1.33 bits per heavy atom. The number of Topliss-reactive ketones (excluding diaryl/α,β-unsaturated/α-hetero) is 1. The van der Waals surface area contributed by atoms with E-state index in [9.17, 15) is 9.59 Å². The topological polar surface area (TPSA) is 55.4 Å². The zero-order valence-corrected chi connectivity index (χ0v) is 14.7. The smallest absolute Gasteiger partial charge is 0.224 e. The lowest BCUT2D eigenvalue weighted by atomic mass is 9.87. The van der Waals surface area contributed by atoms with E-state index in [2.05, 4.69) is 17.4 Å². The summed E-state index contributed by atoms with van der Waals surface area (Å²) in [5.41, 5.74) is 3.33. The summed E-state index contributed by atoms with van der Waals surface area (Å²) in [6.45, 7) is 1.54. The molecule has 1 atom stereocenters. The third kappa shape index (κ3) is 3.67. The average Bonchev–Trinajstić information content (AvgIpc) is 3.03. The third-order valence-corrected chi connectivity index (χ3v) is 5.44. The van der Waals surface area contributed by atoms with E-state index < -0.39 is 0 Å². The number of hydrogen-bond acceptors (Lipinski definition) is 4. The van der Waals surface area contributed by atoms with Gasteiger partial charge >= 0.3 is 0 Å². The van der Waals surface area contributed by atoms with E-state index in [-0.39, 0.29) is 17.7 Å². The lowest BCUT2D eigenvalue weighted by Gasteiger charge is -2.26. The number of carbonyl (C=O) groups is 2. The molecule has 4 nitrogen and oxygen atoms in total. The van der Waals surface area contributed by atoms with Gasteiger partial charge in [0.1, 0.15) is 5.75 Å². The zero-order valence-electron chi connectivity index (χ0n) is 13.9. The Morgan fingerprint density at radius 3 is 2.88 bits per heavy atom. The molecule has 5 heteroatoms. The molecule has 0 bridgehead atoms. The van der Waals surface area contributed by atoms with E-state index in [1.165, 1.54) is 22.5 Å². The summed E-state index contributed by atoms with van der Waals surface area (Å²) in [5.74, 6) is 0.897. The van der Waals surface area contributed by atoms with Gasteiger partial charge in [-0.15, -0.1) is 11.3 Å². The van der Waals surface area contributed by atoms with Crippen LogP contribution in [0.1, 0.15) is 52.2 Å². The summed E-state index contributed by atoms with van der Waals surface area (Å²) in [6, 6.07) is 7.92.